The van der Waals surface area contributed by atoms with Crippen LogP contribution in [0.1, 0.15) is 12.5 Å². The Hall–Kier alpha value is -2.01. The minimum absolute atomic E-state index is 0.0469. The van der Waals surface area contributed by atoms with Gasteiger partial charge in [0, 0.05) is 31.1 Å². The molecule has 5 heteroatoms. The molecular weight excluding hydrogens is 268 g/mol. The van der Waals surface area contributed by atoms with E-state index in [1.165, 1.54) is 0 Å². The van der Waals surface area contributed by atoms with Crippen molar-refractivity contribution in [1.82, 2.24) is 10.6 Å². The van der Waals surface area contributed by atoms with Crippen LogP contribution in [0.5, 0.6) is 11.5 Å². The van der Waals surface area contributed by atoms with E-state index in [4.69, 9.17) is 9.47 Å². The first kappa shape index (κ1) is 13.9. The van der Waals surface area contributed by atoms with Crippen LogP contribution < -0.4 is 20.1 Å². The van der Waals surface area contributed by atoms with E-state index in [0.29, 0.717) is 18.1 Å². The summed E-state index contributed by atoms with van der Waals surface area (Å²) < 4.78 is 11.3. The van der Waals surface area contributed by atoms with Crippen molar-refractivity contribution in [3.05, 3.63) is 29.3 Å². The van der Waals surface area contributed by atoms with Crippen LogP contribution in [-0.4, -0.2) is 38.8 Å². The van der Waals surface area contributed by atoms with Crippen LogP contribution in [0.2, 0.25) is 0 Å². The number of amides is 1. The first-order valence-electron chi connectivity index (χ1n) is 7.36. The number of ether oxygens (including phenoxy) is 2. The highest BCUT2D eigenvalue weighted by atomic mass is 16.5. The molecule has 0 bridgehead atoms. The zero-order valence-corrected chi connectivity index (χ0v) is 12.1. The van der Waals surface area contributed by atoms with Gasteiger partial charge in [0.15, 0.2) is 11.5 Å². The Bertz CT molecular complexity index is 565. The number of carbonyl (C=O) groups excluding carboxylic acids is 1. The molecule has 1 aromatic rings. The largest absolute Gasteiger partial charge is 0.490 e. The molecule has 1 aromatic carbocycles. The fraction of sp³-hybridized carbons (Fsp3) is 0.438. The molecule has 2 heterocycles. The van der Waals surface area contributed by atoms with Crippen molar-refractivity contribution in [2.24, 2.45) is 5.92 Å². The molecule has 0 aromatic heterocycles. The lowest BCUT2D eigenvalue weighted by Crippen LogP contribution is -2.48. The summed E-state index contributed by atoms with van der Waals surface area (Å²) >= 11 is 0. The van der Waals surface area contributed by atoms with Crippen LogP contribution in [-0.2, 0) is 4.79 Å². The van der Waals surface area contributed by atoms with Crippen LogP contribution in [0.25, 0.3) is 6.08 Å². The minimum atomic E-state index is -0.0469. The van der Waals surface area contributed by atoms with Crippen molar-refractivity contribution in [3.8, 4) is 11.5 Å². The summed E-state index contributed by atoms with van der Waals surface area (Å²) in [5.41, 5.74) is 1.55. The van der Waals surface area contributed by atoms with E-state index in [2.05, 4.69) is 10.6 Å². The van der Waals surface area contributed by atoms with Crippen LogP contribution in [0.4, 0.5) is 0 Å². The van der Waals surface area contributed by atoms with Crippen LogP contribution in [0.15, 0.2) is 23.8 Å². The highest BCUT2D eigenvalue weighted by molar-refractivity contribution is 5.99. The summed E-state index contributed by atoms with van der Waals surface area (Å²) in [6, 6.07) is 5.72. The molecule has 1 saturated heterocycles. The van der Waals surface area contributed by atoms with Gasteiger partial charge in [-0.2, -0.15) is 0 Å². The summed E-state index contributed by atoms with van der Waals surface area (Å²) in [7, 11) is 0. The number of nitrogens with one attached hydrogen (secondary N) is 2. The molecule has 1 fully saturated rings. The number of rotatable bonds is 5. The predicted molar refractivity (Wildman–Crippen MR) is 80.5 cm³/mol. The highest BCUT2D eigenvalue weighted by Crippen LogP contribution is 2.35. The van der Waals surface area contributed by atoms with Crippen LogP contribution >= 0.6 is 0 Å². The molecule has 0 radical (unpaired) electrons. The van der Waals surface area contributed by atoms with Gasteiger partial charge in [-0.05, 0) is 19.1 Å². The molecule has 0 saturated carbocycles. The number of hydrogen-bond donors (Lipinski definition) is 2. The van der Waals surface area contributed by atoms with Gasteiger partial charge in [-0.3, -0.25) is 4.79 Å². The lowest BCUT2D eigenvalue weighted by molar-refractivity contribution is -0.118. The van der Waals surface area contributed by atoms with E-state index >= 15 is 0 Å². The Morgan fingerprint density at radius 3 is 3.05 bits per heavy atom. The Balaban J connectivity index is 1.70. The summed E-state index contributed by atoms with van der Waals surface area (Å²) in [6.07, 6.45) is 1.88. The fourth-order valence-electron chi connectivity index (χ4n) is 2.42. The molecule has 0 unspecified atom stereocenters. The lowest BCUT2D eigenvalue weighted by atomic mass is 10.0. The van der Waals surface area contributed by atoms with Gasteiger partial charge >= 0.3 is 0 Å². The number of fused-ring (bicyclic) bond motifs is 1. The van der Waals surface area contributed by atoms with Crippen molar-refractivity contribution in [3.63, 3.8) is 0 Å². The van der Waals surface area contributed by atoms with Gasteiger partial charge < -0.3 is 20.1 Å². The van der Waals surface area contributed by atoms with Gasteiger partial charge in [-0.25, -0.2) is 0 Å². The second kappa shape index (κ2) is 6.18. The van der Waals surface area contributed by atoms with E-state index in [1.54, 1.807) is 0 Å². The molecule has 0 atom stereocenters. The van der Waals surface area contributed by atoms with Crippen molar-refractivity contribution < 1.29 is 14.3 Å². The Morgan fingerprint density at radius 1 is 1.48 bits per heavy atom. The van der Waals surface area contributed by atoms with E-state index in [-0.39, 0.29) is 12.5 Å². The molecule has 5 nitrogen and oxygen atoms in total. The van der Waals surface area contributed by atoms with E-state index < -0.39 is 0 Å². The van der Waals surface area contributed by atoms with E-state index in [1.807, 2.05) is 31.2 Å². The first-order valence-corrected chi connectivity index (χ1v) is 7.36. The zero-order chi connectivity index (χ0) is 14.7. The van der Waals surface area contributed by atoms with Gasteiger partial charge in [0.2, 0.25) is 0 Å². The number of carbonyl (C=O) groups is 1. The lowest BCUT2D eigenvalue weighted by Gasteiger charge is -2.27. The van der Waals surface area contributed by atoms with Gasteiger partial charge in [0.1, 0.15) is 6.61 Å². The van der Waals surface area contributed by atoms with Gasteiger partial charge in [-0.15, -0.1) is 0 Å². The molecular formula is C16H20N2O3. The molecule has 112 valence electrons. The summed E-state index contributed by atoms with van der Waals surface area (Å²) in [5, 5.41) is 6.16. The van der Waals surface area contributed by atoms with Crippen LogP contribution in [0.3, 0.4) is 0 Å². The van der Waals surface area contributed by atoms with Crippen molar-refractivity contribution >= 4 is 12.0 Å². The summed E-state index contributed by atoms with van der Waals surface area (Å²) in [5.74, 6) is 1.95. The SMILES string of the molecule is CCOc1cccc2c1OCC(C(=O)NCC1CNC1)=C2. The molecule has 2 N–H and O–H groups in total. The Morgan fingerprint density at radius 2 is 2.33 bits per heavy atom. The standard InChI is InChI=1S/C16H20N2O3/c1-2-20-14-5-3-4-12-6-13(10-21-15(12)14)16(19)18-9-11-7-17-8-11/h3-6,11,17H,2,7-10H2,1H3,(H,18,19). The van der Waals surface area contributed by atoms with Gasteiger partial charge in [0.25, 0.3) is 5.91 Å². The smallest absolute Gasteiger partial charge is 0.250 e. The quantitative estimate of drug-likeness (QED) is 0.854. The van der Waals surface area contributed by atoms with E-state index in [9.17, 15) is 4.79 Å². The average molecular weight is 288 g/mol. The Labute approximate surface area is 124 Å². The third-order valence-corrected chi connectivity index (χ3v) is 3.72. The molecule has 1 amide bonds. The summed E-state index contributed by atoms with van der Waals surface area (Å²) in [6.45, 7) is 5.49. The maximum absolute atomic E-state index is 12.2. The number of hydrogen-bond acceptors (Lipinski definition) is 4. The summed E-state index contributed by atoms with van der Waals surface area (Å²) in [4.78, 5) is 12.2. The highest BCUT2D eigenvalue weighted by Gasteiger charge is 2.22. The van der Waals surface area contributed by atoms with Crippen LogP contribution in [0, 0.1) is 5.92 Å². The van der Waals surface area contributed by atoms with Crippen molar-refractivity contribution in [2.45, 2.75) is 6.92 Å². The second-order valence-electron chi connectivity index (χ2n) is 5.30. The van der Waals surface area contributed by atoms with Crippen molar-refractivity contribution in [2.75, 3.05) is 32.8 Å². The molecule has 0 spiro atoms. The molecule has 21 heavy (non-hydrogen) atoms. The maximum atomic E-state index is 12.2. The van der Waals surface area contributed by atoms with Crippen molar-refractivity contribution in [1.29, 1.82) is 0 Å². The average Bonchev–Trinajstić information content (AvgIpc) is 2.45. The first-order chi connectivity index (χ1) is 10.3. The van der Waals surface area contributed by atoms with Gasteiger partial charge in [-0.1, -0.05) is 12.1 Å². The fourth-order valence-corrected chi connectivity index (χ4v) is 2.42. The predicted octanol–water partition coefficient (Wildman–Crippen LogP) is 1.20. The number of para-hydroxylation sites is 1. The molecule has 2 aliphatic heterocycles. The third kappa shape index (κ3) is 3.03. The monoisotopic (exact) mass is 288 g/mol. The molecule has 2 aliphatic rings. The number of benzene rings is 1. The Kier molecular flexibility index (Phi) is 4.10. The maximum Gasteiger partial charge on any atom is 0.250 e. The van der Waals surface area contributed by atoms with E-state index in [0.717, 1.165) is 36.7 Å². The topological polar surface area (TPSA) is 59.6 Å². The third-order valence-electron chi connectivity index (χ3n) is 3.72. The van der Waals surface area contributed by atoms with Gasteiger partial charge in [0.05, 0.1) is 12.2 Å². The second-order valence-corrected chi connectivity index (χ2v) is 5.30. The zero-order valence-electron chi connectivity index (χ0n) is 12.1. The molecule has 0 aliphatic carbocycles. The minimum Gasteiger partial charge on any atom is -0.490 e. The normalized spacial score (nSPS) is 17.1. The molecule has 3 rings (SSSR count).